The number of nitrogens with zero attached hydrogens (tertiary/aromatic N) is 3. The van der Waals surface area contributed by atoms with Gasteiger partial charge in [0.25, 0.3) is 0 Å². The van der Waals surface area contributed by atoms with Crippen molar-refractivity contribution in [2.45, 2.75) is 13.3 Å². The molecule has 26 heavy (non-hydrogen) atoms. The molecule has 0 spiro atoms. The van der Waals surface area contributed by atoms with Crippen molar-refractivity contribution < 1.29 is 5.11 Å². The van der Waals surface area contributed by atoms with E-state index >= 15 is 0 Å². The molecule has 6 heteroatoms. The zero-order valence-electron chi connectivity index (χ0n) is 14.8. The van der Waals surface area contributed by atoms with Gasteiger partial charge in [0.2, 0.25) is 0 Å². The van der Waals surface area contributed by atoms with Gasteiger partial charge in [-0.3, -0.25) is 4.90 Å². The summed E-state index contributed by atoms with van der Waals surface area (Å²) in [6, 6.07) is 8.97. The second-order valence-corrected chi connectivity index (χ2v) is 6.17. The van der Waals surface area contributed by atoms with Crippen LogP contribution in [0.5, 0.6) is 5.75 Å². The highest BCUT2D eigenvalue weighted by atomic mass is 16.3. The fourth-order valence-corrected chi connectivity index (χ4v) is 3.03. The summed E-state index contributed by atoms with van der Waals surface area (Å²) in [5.41, 5.74) is 10.0. The summed E-state index contributed by atoms with van der Waals surface area (Å²) in [5.74, 6) is 0.0845. The molecule has 3 rings (SSSR count). The number of benzene rings is 1. The van der Waals surface area contributed by atoms with Crippen molar-refractivity contribution in [2.75, 3.05) is 19.6 Å². The topological polar surface area (TPSA) is 99.1 Å². The Morgan fingerprint density at radius 1 is 1.27 bits per heavy atom. The van der Waals surface area contributed by atoms with Gasteiger partial charge in [0.15, 0.2) is 0 Å². The molecule has 0 amide bonds. The Bertz CT molecular complexity index is 855. The number of hydrogen-bond donors (Lipinski definition) is 3. The Hall–Kier alpha value is -2.99. The average molecular weight is 349 g/mol. The minimum absolute atomic E-state index is 0.0845. The molecule has 0 saturated carbocycles. The van der Waals surface area contributed by atoms with Crippen LogP contribution in [0, 0.1) is 5.41 Å². The van der Waals surface area contributed by atoms with Crippen molar-refractivity contribution in [2.24, 2.45) is 5.73 Å². The van der Waals surface area contributed by atoms with Crippen LogP contribution in [0.25, 0.3) is 22.4 Å². The van der Waals surface area contributed by atoms with Crippen LogP contribution in [0.4, 0.5) is 0 Å². The zero-order chi connectivity index (χ0) is 18.5. The lowest BCUT2D eigenvalue weighted by Crippen LogP contribution is -2.28. The molecule has 1 aromatic carbocycles. The van der Waals surface area contributed by atoms with E-state index in [9.17, 15) is 5.11 Å². The third kappa shape index (κ3) is 3.65. The quantitative estimate of drug-likeness (QED) is 0.721. The molecule has 0 unspecified atom stereocenters. The Morgan fingerprint density at radius 3 is 2.58 bits per heavy atom. The van der Waals surface area contributed by atoms with E-state index in [-0.39, 0.29) is 5.75 Å². The maximum atomic E-state index is 10.3. The summed E-state index contributed by atoms with van der Waals surface area (Å²) in [4.78, 5) is 2.38. The molecule has 6 nitrogen and oxygen atoms in total. The summed E-state index contributed by atoms with van der Waals surface area (Å²) in [5, 5.41) is 26.3. The standard InChI is InChI=1S/C20H23N5O/c1-2-25-9-7-14(8-10-25)18-5-6-19(24-23-18)17-4-3-15(11-20(17)26)16(12-21)13-22/h3-7,11-13,21,26H,2,8-10,22H2,1H3/b16-13+,21-12?. The van der Waals surface area contributed by atoms with E-state index < -0.39 is 0 Å². The first-order valence-corrected chi connectivity index (χ1v) is 8.68. The maximum absolute atomic E-state index is 10.3. The summed E-state index contributed by atoms with van der Waals surface area (Å²) < 4.78 is 0. The monoisotopic (exact) mass is 349 g/mol. The lowest BCUT2D eigenvalue weighted by atomic mass is 10.0. The number of phenolic OH excluding ortho intramolecular Hbond substituents is 1. The minimum Gasteiger partial charge on any atom is -0.507 e. The largest absolute Gasteiger partial charge is 0.507 e. The van der Waals surface area contributed by atoms with E-state index in [1.807, 2.05) is 12.1 Å². The van der Waals surface area contributed by atoms with Gasteiger partial charge in [-0.15, -0.1) is 5.10 Å². The predicted octanol–water partition coefficient (Wildman–Crippen LogP) is 2.91. The van der Waals surface area contributed by atoms with Crippen molar-refractivity contribution in [3.05, 3.63) is 53.9 Å². The third-order valence-corrected chi connectivity index (χ3v) is 4.68. The molecular weight excluding hydrogens is 326 g/mol. The van der Waals surface area contributed by atoms with Crippen LogP contribution in [-0.4, -0.2) is 46.1 Å². The summed E-state index contributed by atoms with van der Waals surface area (Å²) in [6.07, 6.45) is 5.68. The minimum atomic E-state index is 0.0845. The van der Waals surface area contributed by atoms with Gasteiger partial charge in [-0.05, 0) is 48.4 Å². The van der Waals surface area contributed by atoms with E-state index in [1.165, 1.54) is 11.8 Å². The van der Waals surface area contributed by atoms with Crippen LogP contribution in [-0.2, 0) is 0 Å². The fraction of sp³-hybridized carbons (Fsp3) is 0.250. The summed E-state index contributed by atoms with van der Waals surface area (Å²) in [7, 11) is 0. The lowest BCUT2D eigenvalue weighted by molar-refractivity contribution is 0.318. The smallest absolute Gasteiger partial charge is 0.125 e. The maximum Gasteiger partial charge on any atom is 0.125 e. The van der Waals surface area contributed by atoms with E-state index in [1.54, 1.807) is 18.2 Å². The highest BCUT2D eigenvalue weighted by Crippen LogP contribution is 2.30. The predicted molar refractivity (Wildman–Crippen MR) is 105 cm³/mol. The van der Waals surface area contributed by atoms with Crippen LogP contribution in [0.15, 0.2) is 42.6 Å². The Labute approximate surface area is 153 Å². The highest BCUT2D eigenvalue weighted by molar-refractivity contribution is 6.08. The second-order valence-electron chi connectivity index (χ2n) is 6.17. The van der Waals surface area contributed by atoms with Gasteiger partial charge in [-0.1, -0.05) is 19.1 Å². The Kier molecular flexibility index (Phi) is 5.43. The number of rotatable bonds is 5. The first-order valence-electron chi connectivity index (χ1n) is 8.68. The van der Waals surface area contributed by atoms with Crippen LogP contribution < -0.4 is 5.73 Å². The molecule has 0 saturated heterocycles. The van der Waals surface area contributed by atoms with Gasteiger partial charge in [0.05, 0.1) is 11.4 Å². The number of nitrogens with two attached hydrogens (primary N) is 1. The zero-order valence-corrected chi connectivity index (χ0v) is 14.8. The molecule has 4 N–H and O–H groups in total. The molecular formula is C20H23N5O. The number of aromatic nitrogens is 2. The van der Waals surface area contributed by atoms with Crippen LogP contribution in [0.3, 0.4) is 0 Å². The van der Waals surface area contributed by atoms with Crippen molar-refractivity contribution in [3.8, 4) is 17.0 Å². The molecule has 0 aliphatic carbocycles. The number of aromatic hydroxyl groups is 1. The van der Waals surface area contributed by atoms with Gasteiger partial charge in [-0.25, -0.2) is 0 Å². The third-order valence-electron chi connectivity index (χ3n) is 4.68. The molecule has 0 bridgehead atoms. The van der Waals surface area contributed by atoms with Gasteiger partial charge < -0.3 is 16.2 Å². The Balaban J connectivity index is 1.83. The number of allylic oxidation sites excluding steroid dienone is 1. The van der Waals surface area contributed by atoms with Crippen molar-refractivity contribution in [1.29, 1.82) is 5.41 Å². The molecule has 0 fully saturated rings. The van der Waals surface area contributed by atoms with Gasteiger partial charge in [0.1, 0.15) is 5.75 Å². The fourth-order valence-electron chi connectivity index (χ4n) is 3.03. The first kappa shape index (κ1) is 17.8. The SMILES string of the molecule is CCN1CC=C(c2ccc(-c3ccc(/C(C=N)=C/N)cc3O)nn2)CC1. The highest BCUT2D eigenvalue weighted by Gasteiger charge is 2.14. The number of hydrogen-bond acceptors (Lipinski definition) is 6. The van der Waals surface area contributed by atoms with Crippen molar-refractivity contribution in [1.82, 2.24) is 15.1 Å². The molecule has 0 radical (unpaired) electrons. The van der Waals surface area contributed by atoms with E-state index in [0.717, 1.165) is 38.0 Å². The second kappa shape index (κ2) is 7.93. The number of likely N-dealkylation sites (N-methyl/N-ethyl adjacent to an activating group) is 1. The molecule has 1 aliphatic heterocycles. The normalized spacial score (nSPS) is 15.6. The van der Waals surface area contributed by atoms with Gasteiger partial charge in [-0.2, -0.15) is 5.10 Å². The lowest BCUT2D eigenvalue weighted by Gasteiger charge is -2.24. The molecule has 0 atom stereocenters. The summed E-state index contributed by atoms with van der Waals surface area (Å²) in [6.45, 7) is 5.21. The summed E-state index contributed by atoms with van der Waals surface area (Å²) >= 11 is 0. The van der Waals surface area contributed by atoms with Crippen molar-refractivity contribution in [3.63, 3.8) is 0 Å². The van der Waals surface area contributed by atoms with Crippen molar-refractivity contribution >= 4 is 17.4 Å². The molecule has 1 aliphatic rings. The van der Waals surface area contributed by atoms with Gasteiger partial charge in [0, 0.05) is 36.6 Å². The molecule has 2 aromatic rings. The van der Waals surface area contributed by atoms with E-state index in [0.29, 0.717) is 22.4 Å². The molecule has 1 aromatic heterocycles. The van der Waals surface area contributed by atoms with Crippen LogP contribution >= 0.6 is 0 Å². The van der Waals surface area contributed by atoms with E-state index in [4.69, 9.17) is 11.1 Å². The van der Waals surface area contributed by atoms with Gasteiger partial charge >= 0.3 is 0 Å². The molecule has 2 heterocycles. The van der Waals surface area contributed by atoms with Crippen LogP contribution in [0.2, 0.25) is 0 Å². The molecule has 134 valence electrons. The first-order chi connectivity index (χ1) is 12.7. The van der Waals surface area contributed by atoms with Crippen LogP contribution in [0.1, 0.15) is 24.6 Å². The van der Waals surface area contributed by atoms with E-state index in [2.05, 4.69) is 28.1 Å². The average Bonchev–Trinajstić information content (AvgIpc) is 2.69. The number of phenols is 1. The Morgan fingerprint density at radius 2 is 2.04 bits per heavy atom. The number of nitrogens with one attached hydrogen (secondary N) is 1.